The summed E-state index contributed by atoms with van der Waals surface area (Å²) in [4.78, 5) is 99.3. The van der Waals surface area contributed by atoms with E-state index in [1.54, 1.807) is 37.7 Å². The van der Waals surface area contributed by atoms with Gasteiger partial charge in [-0.2, -0.15) is 0 Å². The summed E-state index contributed by atoms with van der Waals surface area (Å²) in [5.41, 5.74) is 4.32. The van der Waals surface area contributed by atoms with Crippen molar-refractivity contribution in [3.8, 4) is 0 Å². The lowest BCUT2D eigenvalue weighted by atomic mass is 9.89. The Labute approximate surface area is 393 Å². The number of nitrogens with zero attached hydrogens (tertiary/aromatic N) is 3. The van der Waals surface area contributed by atoms with Gasteiger partial charge in [-0.15, -0.1) is 0 Å². The third kappa shape index (κ3) is 13.5. The van der Waals surface area contributed by atoms with Gasteiger partial charge in [-0.05, 0) is 63.1 Å². The van der Waals surface area contributed by atoms with Crippen LogP contribution in [0.2, 0.25) is 0 Å². The molecule has 1 heterocycles. The highest BCUT2D eigenvalue weighted by molar-refractivity contribution is 5.94. The molecule has 17 heteroatoms. The zero-order valence-corrected chi connectivity index (χ0v) is 42.1. The summed E-state index contributed by atoms with van der Waals surface area (Å²) < 4.78 is 17.6. The molecule has 1 aromatic rings. The van der Waals surface area contributed by atoms with Crippen LogP contribution in [-0.4, -0.2) is 146 Å². The Morgan fingerprint density at radius 1 is 0.894 bits per heavy atom. The van der Waals surface area contributed by atoms with Gasteiger partial charge in [0.2, 0.25) is 35.4 Å². The fourth-order valence-electron chi connectivity index (χ4n) is 10.0. The molecular formula is C49H81N7O10. The van der Waals surface area contributed by atoms with Crippen molar-refractivity contribution in [1.29, 1.82) is 0 Å². The zero-order chi connectivity index (χ0) is 49.6. The average Bonchev–Trinajstić information content (AvgIpc) is 3.56. The Kier molecular flexibility index (Phi) is 21.5. The lowest BCUT2D eigenvalue weighted by Crippen LogP contribution is -2.60. The molecule has 0 radical (unpaired) electrons. The summed E-state index contributed by atoms with van der Waals surface area (Å²) in [5.74, 6) is -4.10. The topological polar surface area (TPSA) is 205 Å². The molecule has 1 saturated heterocycles. The molecule has 0 spiro atoms. The van der Waals surface area contributed by atoms with Crippen molar-refractivity contribution in [1.82, 2.24) is 36.2 Å². The standard InChI is InChI=1S/C49H81N7O10/c1-15-31(7)43(55(12)47(62)41(29(3)4)50-46(61)42(30(5)6)54(11)26-21-25-38(58)53-52-34(10)57)37(64-13)28-39(59)56-27-20-24-36(56)44(65-14)32(8)45(60)51-49(48(63)66-16-2)33(9)40(49)35-22-18-17-19-23-35/h17-19,22-23,29-33,36-37,40-44H,15-16,20-21,24-28H2,1-14H3,(H,50,61)(H,51,60)(H,52,57)(H,53,58)/t31?,32?,33?,36?,37?,40?,41-,42?,43-,44?,49?/m0/s1. The zero-order valence-electron chi connectivity index (χ0n) is 42.1. The number of rotatable bonds is 25. The molecule has 372 valence electrons. The SMILES string of the molecule is CCOC(=O)C1(NC(=O)C(C)C(OC)C2CCCN2C(=O)CC(OC)[C@H](C(C)CC)N(C)C(=O)[C@@H](NC(=O)C(C(C)C)N(C)CCCC(=O)NNC(C)=O)C(C)C)C(C)C1c1ccccc1. The van der Waals surface area contributed by atoms with Gasteiger partial charge in [-0.1, -0.05) is 92.1 Å². The number of carbonyl (C=O) groups is 7. The summed E-state index contributed by atoms with van der Waals surface area (Å²) in [6, 6.07) is 7.15. The number of carbonyl (C=O) groups excluding carboxylic acids is 7. The summed E-state index contributed by atoms with van der Waals surface area (Å²) in [6.45, 7) is 19.4. The number of likely N-dealkylation sites (tertiary alicyclic amines) is 1. The lowest BCUT2D eigenvalue weighted by Gasteiger charge is -2.41. The predicted molar refractivity (Wildman–Crippen MR) is 251 cm³/mol. The number of methoxy groups -OCH3 is 2. The summed E-state index contributed by atoms with van der Waals surface area (Å²) in [5, 5.41) is 6.13. The van der Waals surface area contributed by atoms with Crippen molar-refractivity contribution >= 4 is 41.4 Å². The van der Waals surface area contributed by atoms with Gasteiger partial charge < -0.3 is 34.6 Å². The second kappa shape index (κ2) is 25.5. The van der Waals surface area contributed by atoms with E-state index >= 15 is 0 Å². The van der Waals surface area contributed by atoms with Crippen LogP contribution in [0.5, 0.6) is 0 Å². The van der Waals surface area contributed by atoms with Crippen LogP contribution in [0.3, 0.4) is 0 Å². The first-order valence-corrected chi connectivity index (χ1v) is 23.9. The fourth-order valence-corrected chi connectivity index (χ4v) is 10.0. The first kappa shape index (κ1) is 55.7. The van der Waals surface area contributed by atoms with Crippen molar-refractivity contribution in [2.24, 2.45) is 29.6 Å². The van der Waals surface area contributed by atoms with E-state index < -0.39 is 53.8 Å². The summed E-state index contributed by atoms with van der Waals surface area (Å²) in [7, 11) is 6.57. The molecule has 11 atom stereocenters. The van der Waals surface area contributed by atoms with Gasteiger partial charge in [0.15, 0.2) is 0 Å². The number of nitrogens with one attached hydrogen (secondary N) is 4. The van der Waals surface area contributed by atoms with E-state index in [9.17, 15) is 33.6 Å². The molecule has 1 aromatic carbocycles. The number of ether oxygens (including phenoxy) is 3. The van der Waals surface area contributed by atoms with E-state index in [-0.39, 0.29) is 84.5 Å². The van der Waals surface area contributed by atoms with Crippen molar-refractivity contribution < 1.29 is 47.8 Å². The van der Waals surface area contributed by atoms with E-state index in [1.807, 2.05) is 83.7 Å². The smallest absolute Gasteiger partial charge is 0.332 e. The van der Waals surface area contributed by atoms with Gasteiger partial charge in [0, 0.05) is 53.0 Å². The molecule has 1 aliphatic carbocycles. The molecule has 0 aromatic heterocycles. The Hall–Kier alpha value is -4.61. The number of hydrogen-bond donors (Lipinski definition) is 4. The van der Waals surface area contributed by atoms with Crippen LogP contribution in [0.4, 0.5) is 0 Å². The highest BCUT2D eigenvalue weighted by Gasteiger charge is 2.70. The molecule has 9 unspecified atom stereocenters. The number of likely N-dealkylation sites (N-methyl/N-ethyl adjacent to an activating group) is 2. The predicted octanol–water partition coefficient (Wildman–Crippen LogP) is 3.80. The summed E-state index contributed by atoms with van der Waals surface area (Å²) in [6.07, 6.45) is 1.13. The van der Waals surface area contributed by atoms with Crippen molar-refractivity contribution in [3.05, 3.63) is 35.9 Å². The van der Waals surface area contributed by atoms with Gasteiger partial charge in [0.25, 0.3) is 0 Å². The molecule has 2 fully saturated rings. The molecule has 1 saturated carbocycles. The van der Waals surface area contributed by atoms with E-state index in [1.165, 1.54) is 21.1 Å². The highest BCUT2D eigenvalue weighted by atomic mass is 16.5. The summed E-state index contributed by atoms with van der Waals surface area (Å²) >= 11 is 0. The molecule has 2 aliphatic rings. The normalized spacial score (nSPS) is 22.4. The molecule has 1 aliphatic heterocycles. The third-order valence-electron chi connectivity index (χ3n) is 13.9. The maximum Gasteiger partial charge on any atom is 0.332 e. The van der Waals surface area contributed by atoms with Crippen molar-refractivity contribution in [2.45, 2.75) is 156 Å². The molecule has 6 amide bonds. The van der Waals surface area contributed by atoms with Crippen LogP contribution >= 0.6 is 0 Å². The lowest BCUT2D eigenvalue weighted by molar-refractivity contribution is -0.151. The van der Waals surface area contributed by atoms with Gasteiger partial charge >= 0.3 is 5.97 Å². The van der Waals surface area contributed by atoms with Gasteiger partial charge in [0.05, 0.1) is 49.3 Å². The Balaban J connectivity index is 1.78. The molecule has 66 heavy (non-hydrogen) atoms. The maximum atomic E-state index is 14.6. The Bertz CT molecular complexity index is 1800. The highest BCUT2D eigenvalue weighted by Crippen LogP contribution is 2.58. The molecule has 17 nitrogen and oxygen atoms in total. The van der Waals surface area contributed by atoms with Gasteiger partial charge in [0.1, 0.15) is 11.6 Å². The number of hydrazine groups is 1. The molecule has 0 bridgehead atoms. The third-order valence-corrected chi connectivity index (χ3v) is 13.9. The molecular weight excluding hydrogens is 847 g/mol. The first-order valence-electron chi connectivity index (χ1n) is 23.9. The van der Waals surface area contributed by atoms with Crippen LogP contribution in [-0.2, 0) is 47.8 Å². The Morgan fingerprint density at radius 3 is 2.09 bits per heavy atom. The quantitative estimate of drug-likeness (QED) is 0.0821. The van der Waals surface area contributed by atoms with Crippen LogP contribution in [0, 0.1) is 29.6 Å². The van der Waals surface area contributed by atoms with E-state index in [4.69, 9.17) is 14.2 Å². The van der Waals surface area contributed by atoms with Crippen molar-refractivity contribution in [3.63, 3.8) is 0 Å². The van der Waals surface area contributed by atoms with Crippen LogP contribution in [0.15, 0.2) is 30.3 Å². The average molecular weight is 928 g/mol. The monoisotopic (exact) mass is 928 g/mol. The van der Waals surface area contributed by atoms with E-state index in [0.717, 1.165) is 5.56 Å². The van der Waals surface area contributed by atoms with Crippen LogP contribution < -0.4 is 21.5 Å². The van der Waals surface area contributed by atoms with Crippen LogP contribution in [0.25, 0.3) is 0 Å². The fraction of sp³-hybridized carbons (Fsp3) is 0.735. The van der Waals surface area contributed by atoms with Gasteiger partial charge in [-0.3, -0.25) is 44.5 Å². The number of hydrogen-bond acceptors (Lipinski definition) is 11. The first-order chi connectivity index (χ1) is 31.1. The number of benzene rings is 1. The van der Waals surface area contributed by atoms with Gasteiger partial charge in [-0.25, -0.2) is 4.79 Å². The van der Waals surface area contributed by atoms with E-state index in [2.05, 4.69) is 21.5 Å². The van der Waals surface area contributed by atoms with E-state index in [0.29, 0.717) is 38.8 Å². The minimum absolute atomic E-state index is 0.0410. The number of amides is 6. The van der Waals surface area contributed by atoms with Crippen LogP contribution in [0.1, 0.15) is 119 Å². The minimum Gasteiger partial charge on any atom is -0.464 e. The minimum atomic E-state index is -1.23. The maximum absolute atomic E-state index is 14.6. The molecule has 4 N–H and O–H groups in total. The second-order valence-corrected chi connectivity index (χ2v) is 19.1. The second-order valence-electron chi connectivity index (χ2n) is 19.1. The number of esters is 1. The largest absolute Gasteiger partial charge is 0.464 e. The Morgan fingerprint density at radius 2 is 1.55 bits per heavy atom. The van der Waals surface area contributed by atoms with Crippen molar-refractivity contribution in [2.75, 3.05) is 48.0 Å². The molecule has 3 rings (SSSR count).